The molecule has 120 valence electrons. The molecule has 3 heterocycles. The van der Waals surface area contributed by atoms with E-state index in [4.69, 9.17) is 11.5 Å². The summed E-state index contributed by atoms with van der Waals surface area (Å²) in [7, 11) is 0. The third-order valence-electron chi connectivity index (χ3n) is 3.61. The van der Waals surface area contributed by atoms with E-state index in [1.54, 1.807) is 17.5 Å². The molecule has 9 heteroatoms. The van der Waals surface area contributed by atoms with Crippen LogP contribution in [0.2, 0.25) is 0 Å². The van der Waals surface area contributed by atoms with Gasteiger partial charge in [0.05, 0.1) is 11.3 Å². The van der Waals surface area contributed by atoms with Gasteiger partial charge < -0.3 is 11.5 Å². The molecule has 0 amide bonds. The van der Waals surface area contributed by atoms with Crippen LogP contribution < -0.4 is 11.5 Å². The molecule has 24 heavy (non-hydrogen) atoms. The van der Waals surface area contributed by atoms with Crippen molar-refractivity contribution >= 4 is 28.6 Å². The quantitative estimate of drug-likeness (QED) is 0.580. The van der Waals surface area contributed by atoms with Crippen molar-refractivity contribution < 1.29 is 4.39 Å². The van der Waals surface area contributed by atoms with E-state index in [1.807, 2.05) is 6.92 Å². The third-order valence-corrected chi connectivity index (χ3v) is 4.48. The summed E-state index contributed by atoms with van der Waals surface area (Å²) in [4.78, 5) is 4.18. The van der Waals surface area contributed by atoms with E-state index in [9.17, 15) is 4.39 Å². The van der Waals surface area contributed by atoms with Crippen molar-refractivity contribution in [2.75, 3.05) is 11.5 Å². The Morgan fingerprint density at radius 2 is 1.88 bits per heavy atom. The third kappa shape index (κ3) is 2.17. The highest BCUT2D eigenvalue weighted by atomic mass is 32.1. The number of nitrogens with zero attached hydrogens (tertiary/aromatic N) is 5. The first-order valence-electron chi connectivity index (χ1n) is 7.03. The number of aromatic nitrogens is 5. The molecule has 0 unspecified atom stereocenters. The van der Waals surface area contributed by atoms with Gasteiger partial charge in [0.1, 0.15) is 16.6 Å². The summed E-state index contributed by atoms with van der Waals surface area (Å²) < 4.78 is 14.7. The highest BCUT2D eigenvalue weighted by Crippen LogP contribution is 2.32. The van der Waals surface area contributed by atoms with Crippen molar-refractivity contribution in [3.8, 4) is 21.8 Å². The number of rotatable bonds is 2. The zero-order chi connectivity index (χ0) is 16.8. The number of benzene rings is 1. The Morgan fingerprint density at radius 3 is 2.54 bits per heavy atom. The number of halogens is 1. The molecule has 0 atom stereocenters. The van der Waals surface area contributed by atoms with E-state index in [0.29, 0.717) is 28.0 Å². The van der Waals surface area contributed by atoms with Gasteiger partial charge in [-0.1, -0.05) is 12.1 Å². The lowest BCUT2D eigenvalue weighted by Crippen LogP contribution is -2.05. The number of hydrogen-bond acceptors (Lipinski definition) is 7. The lowest BCUT2D eigenvalue weighted by molar-refractivity contribution is 0.628. The minimum atomic E-state index is -0.304. The Bertz CT molecular complexity index is 1050. The van der Waals surface area contributed by atoms with Gasteiger partial charge in [0, 0.05) is 5.38 Å². The predicted octanol–water partition coefficient (Wildman–Crippen LogP) is 2.53. The van der Waals surface area contributed by atoms with E-state index in [2.05, 4.69) is 20.3 Å². The topological polar surface area (TPSA) is 108 Å². The summed E-state index contributed by atoms with van der Waals surface area (Å²) in [6.07, 6.45) is 0. The fourth-order valence-corrected chi connectivity index (χ4v) is 3.23. The molecule has 4 rings (SSSR count). The molecular weight excluding hydrogens is 329 g/mol. The van der Waals surface area contributed by atoms with Gasteiger partial charge in [-0.2, -0.15) is 9.61 Å². The molecule has 3 aromatic heterocycles. The average molecular weight is 341 g/mol. The van der Waals surface area contributed by atoms with Crippen LogP contribution in [0.25, 0.3) is 27.5 Å². The number of nitrogens with two attached hydrogens (primary N) is 2. The zero-order valence-corrected chi connectivity index (χ0v) is 13.4. The Balaban J connectivity index is 1.94. The minimum Gasteiger partial charge on any atom is -0.383 e. The minimum absolute atomic E-state index is 0.304. The van der Waals surface area contributed by atoms with Crippen LogP contribution in [0.3, 0.4) is 0 Å². The first-order chi connectivity index (χ1) is 11.5. The molecule has 0 bridgehead atoms. The average Bonchev–Trinajstić information content (AvgIpc) is 3.12. The number of nitrogen functional groups attached to an aromatic ring is 2. The summed E-state index contributed by atoms with van der Waals surface area (Å²) >= 11 is 1.33. The van der Waals surface area contributed by atoms with Crippen LogP contribution in [-0.4, -0.2) is 24.8 Å². The van der Waals surface area contributed by atoms with Gasteiger partial charge in [-0.05, 0) is 24.6 Å². The molecule has 0 saturated heterocycles. The second kappa shape index (κ2) is 5.24. The van der Waals surface area contributed by atoms with Gasteiger partial charge in [-0.15, -0.1) is 21.5 Å². The number of anilines is 2. The molecule has 1 aromatic carbocycles. The Morgan fingerprint density at radius 1 is 1.12 bits per heavy atom. The van der Waals surface area contributed by atoms with E-state index < -0.39 is 0 Å². The van der Waals surface area contributed by atoms with Crippen molar-refractivity contribution in [1.82, 2.24) is 24.8 Å². The monoisotopic (exact) mass is 341 g/mol. The number of fused-ring (bicyclic) bond motifs is 1. The highest BCUT2D eigenvalue weighted by Gasteiger charge is 2.19. The van der Waals surface area contributed by atoms with Crippen LogP contribution in [0.1, 0.15) is 5.69 Å². The lowest BCUT2D eigenvalue weighted by atomic mass is 10.1. The summed E-state index contributed by atoms with van der Waals surface area (Å²) in [5.41, 5.74) is 15.1. The first kappa shape index (κ1) is 14.5. The smallest absolute Gasteiger partial charge is 0.187 e. The molecule has 7 nitrogen and oxygen atoms in total. The lowest BCUT2D eigenvalue weighted by Gasteiger charge is -2.04. The van der Waals surface area contributed by atoms with Gasteiger partial charge in [0.25, 0.3) is 0 Å². The van der Waals surface area contributed by atoms with Crippen molar-refractivity contribution in [3.63, 3.8) is 0 Å². The summed E-state index contributed by atoms with van der Waals surface area (Å²) in [6, 6.07) is 6.13. The number of hydrogen-bond donors (Lipinski definition) is 2. The van der Waals surface area contributed by atoms with Gasteiger partial charge in [-0.3, -0.25) is 0 Å². The summed E-state index contributed by atoms with van der Waals surface area (Å²) in [6.45, 7) is 1.84. The highest BCUT2D eigenvalue weighted by molar-refractivity contribution is 7.13. The van der Waals surface area contributed by atoms with Crippen molar-refractivity contribution in [3.05, 3.63) is 41.2 Å². The molecule has 4 aromatic rings. The summed E-state index contributed by atoms with van der Waals surface area (Å²) in [5, 5.41) is 15.2. The maximum atomic E-state index is 13.2. The van der Waals surface area contributed by atoms with E-state index in [0.717, 1.165) is 16.8 Å². The van der Waals surface area contributed by atoms with Crippen LogP contribution >= 0.6 is 11.3 Å². The Hall–Kier alpha value is -3.07. The predicted molar refractivity (Wildman–Crippen MR) is 90.8 cm³/mol. The van der Waals surface area contributed by atoms with Crippen LogP contribution in [0.5, 0.6) is 0 Å². The van der Waals surface area contributed by atoms with E-state index >= 15 is 0 Å². The standard InChI is InChI=1S/C15H12FN7S/c1-7-11(8-2-4-9(16)5-3-8)14-21-20-12(13(18)23(14)22-7)15-19-10(17)6-24-15/h2-6H,17-18H2,1H3. The largest absolute Gasteiger partial charge is 0.383 e. The molecule has 0 aliphatic carbocycles. The molecule has 0 spiro atoms. The molecule has 0 fully saturated rings. The Labute approximate surface area is 139 Å². The molecule has 0 radical (unpaired) electrons. The van der Waals surface area contributed by atoms with Crippen LogP contribution in [-0.2, 0) is 0 Å². The second-order valence-electron chi connectivity index (χ2n) is 5.21. The molecule has 0 saturated carbocycles. The maximum Gasteiger partial charge on any atom is 0.187 e. The Kier molecular flexibility index (Phi) is 3.17. The van der Waals surface area contributed by atoms with Crippen molar-refractivity contribution in [2.24, 2.45) is 0 Å². The maximum absolute atomic E-state index is 13.2. The summed E-state index contributed by atoms with van der Waals surface area (Å²) in [5.74, 6) is 0.424. The SMILES string of the molecule is Cc1nn2c(N)c(-c3nc(N)cs3)nnc2c1-c1ccc(F)cc1. The molecule has 0 aliphatic rings. The molecule has 0 aliphatic heterocycles. The number of aryl methyl sites for hydroxylation is 1. The van der Waals surface area contributed by atoms with Crippen LogP contribution in [0, 0.1) is 12.7 Å². The fraction of sp³-hybridized carbons (Fsp3) is 0.0667. The van der Waals surface area contributed by atoms with Crippen LogP contribution in [0.4, 0.5) is 16.0 Å². The van der Waals surface area contributed by atoms with E-state index in [1.165, 1.54) is 28.0 Å². The van der Waals surface area contributed by atoms with E-state index in [-0.39, 0.29) is 5.82 Å². The fourth-order valence-electron chi connectivity index (χ4n) is 2.53. The number of thiazole rings is 1. The second-order valence-corrected chi connectivity index (χ2v) is 6.07. The van der Waals surface area contributed by atoms with Gasteiger partial charge in [-0.25, -0.2) is 9.37 Å². The van der Waals surface area contributed by atoms with Crippen molar-refractivity contribution in [1.29, 1.82) is 0 Å². The zero-order valence-electron chi connectivity index (χ0n) is 12.6. The normalized spacial score (nSPS) is 11.2. The first-order valence-corrected chi connectivity index (χ1v) is 7.91. The van der Waals surface area contributed by atoms with Gasteiger partial charge in [0.2, 0.25) is 0 Å². The molecule has 4 N–H and O–H groups in total. The van der Waals surface area contributed by atoms with Crippen LogP contribution in [0.15, 0.2) is 29.6 Å². The van der Waals surface area contributed by atoms with Gasteiger partial charge in [0.15, 0.2) is 17.2 Å². The molecular formula is C15H12FN7S. The van der Waals surface area contributed by atoms with Crippen molar-refractivity contribution in [2.45, 2.75) is 6.92 Å². The van der Waals surface area contributed by atoms with Gasteiger partial charge >= 0.3 is 0 Å².